The van der Waals surface area contributed by atoms with Gasteiger partial charge in [-0.3, -0.25) is 9.59 Å². The first kappa shape index (κ1) is 24.1. The van der Waals surface area contributed by atoms with E-state index in [-0.39, 0.29) is 34.7 Å². The van der Waals surface area contributed by atoms with Crippen molar-refractivity contribution < 1.29 is 23.5 Å². The van der Waals surface area contributed by atoms with E-state index in [2.05, 4.69) is 6.92 Å². The molecule has 3 heterocycles. The summed E-state index contributed by atoms with van der Waals surface area (Å²) >= 11 is 0. The van der Waals surface area contributed by atoms with Crippen LogP contribution in [0.4, 0.5) is 4.39 Å². The van der Waals surface area contributed by atoms with Gasteiger partial charge < -0.3 is 19.3 Å². The molecule has 2 amide bonds. The van der Waals surface area contributed by atoms with Crippen LogP contribution in [0.15, 0.2) is 40.8 Å². The number of aliphatic hydroxyl groups excluding tert-OH is 1. The fourth-order valence-electron chi connectivity index (χ4n) is 5.45. The van der Waals surface area contributed by atoms with Gasteiger partial charge in [-0.05, 0) is 81.2 Å². The van der Waals surface area contributed by atoms with Crippen LogP contribution in [0.1, 0.15) is 62.6 Å². The highest BCUT2D eigenvalue weighted by molar-refractivity contribution is 5.97. The lowest BCUT2D eigenvalue weighted by Gasteiger charge is -2.47. The Hall–Kier alpha value is -3.26. The maximum absolute atomic E-state index is 13.7. The Labute approximate surface area is 215 Å². The first-order valence-corrected chi connectivity index (χ1v) is 13.1. The molecule has 0 spiro atoms. The zero-order valence-corrected chi connectivity index (χ0v) is 21.5. The van der Waals surface area contributed by atoms with Gasteiger partial charge in [-0.1, -0.05) is 6.92 Å². The summed E-state index contributed by atoms with van der Waals surface area (Å²) in [4.78, 5) is 34.6. The second-order valence-corrected chi connectivity index (χ2v) is 11.8. The Morgan fingerprint density at radius 3 is 2.43 bits per heavy atom. The molecule has 1 atom stereocenters. The highest BCUT2D eigenvalue weighted by Gasteiger charge is 2.45. The minimum absolute atomic E-state index is 0.0399. The fraction of sp³-hybridized carbons (Fsp3) is 0.483. The first-order valence-electron chi connectivity index (χ1n) is 13.1. The third-order valence-electron chi connectivity index (χ3n) is 8.26. The van der Waals surface area contributed by atoms with E-state index < -0.39 is 11.6 Å². The number of furan rings is 1. The number of carbonyl (C=O) groups is 2. The highest BCUT2D eigenvalue weighted by atomic mass is 19.1. The monoisotopic (exact) mass is 505 g/mol. The van der Waals surface area contributed by atoms with Gasteiger partial charge in [-0.2, -0.15) is 0 Å². The maximum Gasteiger partial charge on any atom is 0.290 e. The third kappa shape index (κ3) is 4.31. The van der Waals surface area contributed by atoms with Crippen LogP contribution < -0.4 is 0 Å². The van der Waals surface area contributed by atoms with Crippen molar-refractivity contribution in [2.45, 2.75) is 63.5 Å². The number of aliphatic hydroxyl groups is 1. The molecule has 194 valence electrons. The number of nitrogens with zero attached hydrogens (tertiary/aromatic N) is 3. The van der Waals surface area contributed by atoms with E-state index in [0.717, 1.165) is 42.5 Å². The third-order valence-corrected chi connectivity index (χ3v) is 8.26. The van der Waals surface area contributed by atoms with Gasteiger partial charge in [-0.25, -0.2) is 9.37 Å². The predicted molar refractivity (Wildman–Crippen MR) is 136 cm³/mol. The molecule has 1 aliphatic heterocycles. The smallest absolute Gasteiger partial charge is 0.290 e. The van der Waals surface area contributed by atoms with Gasteiger partial charge >= 0.3 is 0 Å². The number of piperazine rings is 1. The average Bonchev–Trinajstić information content (AvgIpc) is 3.80. The molecule has 1 aromatic carbocycles. The molecule has 0 bridgehead atoms. The topological polar surface area (TPSA) is 86.9 Å². The van der Waals surface area contributed by atoms with Crippen molar-refractivity contribution in [1.82, 2.24) is 14.8 Å². The number of pyridine rings is 1. The maximum atomic E-state index is 13.7. The van der Waals surface area contributed by atoms with Crippen molar-refractivity contribution in [2.75, 3.05) is 19.6 Å². The summed E-state index contributed by atoms with van der Waals surface area (Å²) in [5.41, 5.74) is 3.09. The lowest BCUT2D eigenvalue weighted by Crippen LogP contribution is -2.63. The van der Waals surface area contributed by atoms with Crippen LogP contribution in [-0.2, 0) is 10.2 Å². The number of fused-ring (bicyclic) bond motifs is 1. The normalized spacial score (nSPS) is 21.2. The van der Waals surface area contributed by atoms with Crippen molar-refractivity contribution in [1.29, 1.82) is 0 Å². The number of aromatic nitrogens is 1. The minimum Gasteiger partial charge on any atom is -0.449 e. The van der Waals surface area contributed by atoms with Crippen LogP contribution in [0.3, 0.4) is 0 Å². The van der Waals surface area contributed by atoms with Crippen LogP contribution in [0.2, 0.25) is 0 Å². The van der Waals surface area contributed by atoms with Gasteiger partial charge in [0.05, 0.1) is 11.2 Å². The van der Waals surface area contributed by atoms with Crippen molar-refractivity contribution in [3.8, 4) is 11.3 Å². The summed E-state index contributed by atoms with van der Waals surface area (Å²) in [5, 5.41) is 10.3. The predicted octanol–water partition coefficient (Wildman–Crippen LogP) is 4.52. The summed E-state index contributed by atoms with van der Waals surface area (Å²) in [5.74, 6) is -0.503. The lowest BCUT2D eigenvalue weighted by molar-refractivity contribution is -0.145. The van der Waals surface area contributed by atoms with E-state index in [1.165, 1.54) is 12.1 Å². The number of halogens is 1. The van der Waals surface area contributed by atoms with Crippen LogP contribution in [0.25, 0.3) is 22.4 Å². The fourth-order valence-corrected chi connectivity index (χ4v) is 5.45. The van der Waals surface area contributed by atoms with Gasteiger partial charge in [0.15, 0.2) is 11.3 Å². The number of carbonyl (C=O) groups excluding carboxylic acids is 2. The van der Waals surface area contributed by atoms with Crippen molar-refractivity contribution in [3.63, 3.8) is 0 Å². The summed E-state index contributed by atoms with van der Waals surface area (Å²) < 4.78 is 19.7. The Morgan fingerprint density at radius 1 is 1.11 bits per heavy atom. The summed E-state index contributed by atoms with van der Waals surface area (Å²) in [6, 6.07) is 9.95. The van der Waals surface area contributed by atoms with Crippen molar-refractivity contribution in [2.24, 2.45) is 5.92 Å². The molecule has 37 heavy (non-hydrogen) atoms. The molecule has 7 nitrogen and oxygen atoms in total. The molecule has 2 aliphatic carbocycles. The quantitative estimate of drug-likeness (QED) is 0.551. The Bertz CT molecular complexity index is 1390. The number of amides is 2. The van der Waals surface area contributed by atoms with Crippen LogP contribution >= 0.6 is 0 Å². The zero-order chi connectivity index (χ0) is 26.1. The second kappa shape index (κ2) is 8.38. The molecule has 2 aromatic heterocycles. The molecule has 3 aromatic rings. The van der Waals surface area contributed by atoms with E-state index in [4.69, 9.17) is 9.40 Å². The molecule has 6 rings (SSSR count). The van der Waals surface area contributed by atoms with Gasteiger partial charge in [0, 0.05) is 36.8 Å². The molecule has 3 fully saturated rings. The molecular formula is C29H32FN3O4. The standard InChI is InChI=1S/C29H32FN3O4/c1-28(2)16-32(27(36)24(34)18-4-5-18)12-13-33(28)26(35)23-15-22-25(37-23)20(29(3)10-11-29)14-21(31-22)17-6-8-19(30)9-7-17/h6-9,14-15,18,24,34H,4-5,10-13,16H2,1-3H3. The van der Waals surface area contributed by atoms with E-state index in [9.17, 15) is 19.1 Å². The molecule has 1 N–H and O–H groups in total. The van der Waals surface area contributed by atoms with E-state index in [1.807, 2.05) is 19.9 Å². The highest BCUT2D eigenvalue weighted by Crippen LogP contribution is 2.50. The van der Waals surface area contributed by atoms with E-state index in [0.29, 0.717) is 30.7 Å². The number of benzene rings is 1. The van der Waals surface area contributed by atoms with Crippen molar-refractivity contribution >= 4 is 22.9 Å². The Morgan fingerprint density at radius 2 is 1.81 bits per heavy atom. The van der Waals surface area contributed by atoms with E-state index >= 15 is 0 Å². The molecular weight excluding hydrogens is 473 g/mol. The van der Waals surface area contributed by atoms with Gasteiger partial charge in [0.2, 0.25) is 0 Å². The lowest BCUT2D eigenvalue weighted by atomic mass is 9.96. The average molecular weight is 506 g/mol. The molecule has 3 aliphatic rings. The molecule has 0 radical (unpaired) electrons. The number of hydrogen-bond acceptors (Lipinski definition) is 5. The largest absolute Gasteiger partial charge is 0.449 e. The van der Waals surface area contributed by atoms with Crippen LogP contribution in [-0.4, -0.2) is 63.0 Å². The minimum atomic E-state index is -0.947. The number of hydrogen-bond donors (Lipinski definition) is 1. The number of rotatable bonds is 5. The molecule has 1 unspecified atom stereocenters. The van der Waals surface area contributed by atoms with Crippen LogP contribution in [0.5, 0.6) is 0 Å². The molecule has 2 saturated carbocycles. The SMILES string of the molecule is CC1(c2cc(-c3ccc(F)cc3)nc3cc(C(=O)N4CCN(C(=O)C(O)C5CC5)CC4(C)C)oc23)CC1. The zero-order valence-electron chi connectivity index (χ0n) is 21.5. The second-order valence-electron chi connectivity index (χ2n) is 11.8. The summed E-state index contributed by atoms with van der Waals surface area (Å²) in [6.45, 7) is 7.10. The summed E-state index contributed by atoms with van der Waals surface area (Å²) in [7, 11) is 0. The Balaban J connectivity index is 1.30. The van der Waals surface area contributed by atoms with Gasteiger partial charge in [-0.15, -0.1) is 0 Å². The van der Waals surface area contributed by atoms with Crippen LogP contribution in [0, 0.1) is 11.7 Å². The van der Waals surface area contributed by atoms with Gasteiger partial charge in [0.1, 0.15) is 17.4 Å². The van der Waals surface area contributed by atoms with Gasteiger partial charge in [0.25, 0.3) is 11.8 Å². The molecule has 1 saturated heterocycles. The van der Waals surface area contributed by atoms with E-state index in [1.54, 1.807) is 28.0 Å². The Kier molecular flexibility index (Phi) is 5.46. The molecule has 8 heteroatoms. The van der Waals surface area contributed by atoms with Crippen molar-refractivity contribution in [3.05, 3.63) is 53.5 Å². The first-order chi connectivity index (χ1) is 17.6. The summed E-state index contributed by atoms with van der Waals surface area (Å²) in [6.07, 6.45) is 2.87.